The van der Waals surface area contributed by atoms with Gasteiger partial charge in [0.25, 0.3) is 0 Å². The van der Waals surface area contributed by atoms with Crippen LogP contribution in [0.25, 0.3) is 0 Å². The molecule has 0 N–H and O–H groups in total. The quantitative estimate of drug-likeness (QED) is 0.353. The fourth-order valence-electron chi connectivity index (χ4n) is 11.4. The first-order valence-electron chi connectivity index (χ1n) is 14.3. The summed E-state index contributed by atoms with van der Waals surface area (Å²) in [6, 6.07) is 0. The molecule has 36 heavy (non-hydrogen) atoms. The SMILES string of the molecule is CC(=O)O[C@H]1CC[C@]23C[C@]24CC[C@]2(C)[C@@H]([C@H](C)CCC(=O)C(F)(F)F)CC[C@@]2(C)[C@@H]4CC[C@H]3C1(C)C. The fourth-order valence-corrected chi connectivity index (χ4v) is 11.4. The molecule has 0 amide bonds. The molecule has 0 heterocycles. The summed E-state index contributed by atoms with van der Waals surface area (Å²) in [6.07, 6.45) is 5.63. The van der Waals surface area contributed by atoms with Crippen molar-refractivity contribution < 1.29 is 27.5 Å². The monoisotopic (exact) mass is 510 g/mol. The van der Waals surface area contributed by atoms with E-state index in [2.05, 4.69) is 34.6 Å². The number of Topliss-reactive ketones (excluding diaryl/α,β-unsaturated/α-hetero) is 1. The Morgan fingerprint density at radius 2 is 1.53 bits per heavy atom. The molecule has 5 aliphatic carbocycles. The van der Waals surface area contributed by atoms with Gasteiger partial charge in [0.1, 0.15) is 6.10 Å². The van der Waals surface area contributed by atoms with Gasteiger partial charge in [-0.25, -0.2) is 0 Å². The standard InChI is InChI=1S/C30H45F3O3/c1-18(7-10-23(35)30(31,32)33)20-11-13-27(6)22-9-8-21-25(3,4)24(36-19(2)34)12-14-28(21)17-29(22,28)16-15-26(20,27)5/h18,20-22,24H,7-17H2,1-6H3/t18-,20-,21+,22+,24+,26-,27+,28-,29+/m1/s1. The molecule has 5 rings (SSSR count). The van der Waals surface area contributed by atoms with Gasteiger partial charge in [-0.1, -0.05) is 34.6 Å². The predicted molar refractivity (Wildman–Crippen MR) is 132 cm³/mol. The molecule has 0 aromatic rings. The summed E-state index contributed by atoms with van der Waals surface area (Å²) in [4.78, 5) is 23.4. The number of ether oxygens (including phenoxy) is 1. The summed E-state index contributed by atoms with van der Waals surface area (Å²) in [5.74, 6) is -0.00332. The second-order valence-corrected chi connectivity index (χ2v) is 14.5. The Bertz CT molecular complexity index is 942. The van der Waals surface area contributed by atoms with Crippen molar-refractivity contribution in [2.75, 3.05) is 0 Å². The van der Waals surface area contributed by atoms with Crippen LogP contribution >= 0.6 is 0 Å². The molecule has 0 aromatic heterocycles. The number of alkyl halides is 3. The lowest BCUT2D eigenvalue weighted by molar-refractivity contribution is -0.181. The minimum absolute atomic E-state index is 0.000359. The number of carbonyl (C=O) groups excluding carboxylic acids is 2. The zero-order chi connectivity index (χ0) is 26.5. The topological polar surface area (TPSA) is 43.4 Å². The highest BCUT2D eigenvalue weighted by Crippen LogP contribution is 2.89. The van der Waals surface area contributed by atoms with E-state index in [1.807, 2.05) is 0 Å². The summed E-state index contributed by atoms with van der Waals surface area (Å²) in [6.45, 7) is 13.2. The Kier molecular flexibility index (Phi) is 5.88. The molecule has 0 aromatic carbocycles. The van der Waals surface area contributed by atoms with E-state index in [0.29, 0.717) is 35.0 Å². The summed E-state index contributed by atoms with van der Waals surface area (Å²) >= 11 is 0. The van der Waals surface area contributed by atoms with Gasteiger partial charge in [-0.3, -0.25) is 9.59 Å². The molecule has 2 spiro atoms. The third-order valence-electron chi connectivity index (χ3n) is 13.3. The third kappa shape index (κ3) is 3.36. The molecule has 5 aliphatic rings. The van der Waals surface area contributed by atoms with Crippen molar-refractivity contribution in [3.63, 3.8) is 0 Å². The molecule has 3 nitrogen and oxygen atoms in total. The molecule has 0 saturated heterocycles. The van der Waals surface area contributed by atoms with Crippen LogP contribution in [-0.2, 0) is 14.3 Å². The minimum atomic E-state index is -4.72. The third-order valence-corrected chi connectivity index (χ3v) is 13.3. The highest BCUT2D eigenvalue weighted by atomic mass is 19.4. The predicted octanol–water partition coefficient (Wildman–Crippen LogP) is 7.90. The highest BCUT2D eigenvalue weighted by molar-refractivity contribution is 5.83. The molecule has 9 atom stereocenters. The van der Waals surface area contributed by atoms with Gasteiger partial charge in [-0.2, -0.15) is 13.2 Å². The molecule has 0 unspecified atom stereocenters. The number of ketones is 1. The van der Waals surface area contributed by atoms with Gasteiger partial charge in [0.2, 0.25) is 5.78 Å². The van der Waals surface area contributed by atoms with E-state index in [1.54, 1.807) is 0 Å². The summed E-state index contributed by atoms with van der Waals surface area (Å²) in [7, 11) is 0. The van der Waals surface area contributed by atoms with Crippen molar-refractivity contribution in [1.29, 1.82) is 0 Å². The Morgan fingerprint density at radius 3 is 2.17 bits per heavy atom. The van der Waals surface area contributed by atoms with Gasteiger partial charge in [0, 0.05) is 18.8 Å². The number of carbonyl (C=O) groups is 2. The smallest absolute Gasteiger partial charge is 0.449 e. The van der Waals surface area contributed by atoms with Crippen molar-refractivity contribution in [2.45, 2.75) is 124 Å². The van der Waals surface area contributed by atoms with E-state index >= 15 is 0 Å². The number of fused-ring (bicyclic) bond motifs is 2. The second kappa shape index (κ2) is 7.97. The van der Waals surface area contributed by atoms with Crippen LogP contribution in [0.3, 0.4) is 0 Å². The minimum Gasteiger partial charge on any atom is -0.462 e. The lowest BCUT2D eigenvalue weighted by atomic mass is 9.41. The average Bonchev–Trinajstić information content (AvgIpc) is 3.35. The van der Waals surface area contributed by atoms with Crippen molar-refractivity contribution in [2.24, 2.45) is 50.7 Å². The number of hydrogen-bond donors (Lipinski definition) is 0. The van der Waals surface area contributed by atoms with Crippen molar-refractivity contribution >= 4 is 11.8 Å². The molecule has 0 aliphatic heterocycles. The van der Waals surface area contributed by atoms with Crippen LogP contribution < -0.4 is 0 Å². The summed E-state index contributed by atoms with van der Waals surface area (Å²) in [5.41, 5.74) is 1.04. The first-order valence-corrected chi connectivity index (χ1v) is 14.3. The fraction of sp³-hybridized carbons (Fsp3) is 0.933. The van der Waals surface area contributed by atoms with Crippen LogP contribution in [-0.4, -0.2) is 24.0 Å². The van der Waals surface area contributed by atoms with Crippen LogP contribution in [0.15, 0.2) is 0 Å². The van der Waals surface area contributed by atoms with E-state index in [0.717, 1.165) is 32.1 Å². The molecule has 5 fully saturated rings. The lowest BCUT2D eigenvalue weighted by Gasteiger charge is -2.63. The van der Waals surface area contributed by atoms with E-state index < -0.39 is 12.0 Å². The molecule has 0 radical (unpaired) electrons. The van der Waals surface area contributed by atoms with Gasteiger partial charge < -0.3 is 4.74 Å². The van der Waals surface area contributed by atoms with Gasteiger partial charge in [0.05, 0.1) is 0 Å². The van der Waals surface area contributed by atoms with Crippen molar-refractivity contribution in [3.05, 3.63) is 0 Å². The average molecular weight is 511 g/mol. The zero-order valence-corrected chi connectivity index (χ0v) is 23.0. The summed E-state index contributed by atoms with van der Waals surface area (Å²) in [5, 5.41) is 0. The largest absolute Gasteiger partial charge is 0.462 e. The number of hydrogen-bond acceptors (Lipinski definition) is 3. The van der Waals surface area contributed by atoms with E-state index in [4.69, 9.17) is 4.74 Å². The maximum absolute atomic E-state index is 12.8. The van der Waals surface area contributed by atoms with E-state index in [-0.39, 0.29) is 40.7 Å². The van der Waals surface area contributed by atoms with Crippen LogP contribution in [0.4, 0.5) is 13.2 Å². The maximum Gasteiger partial charge on any atom is 0.449 e. The lowest BCUT2D eigenvalue weighted by Crippen LogP contribution is -2.58. The first-order chi connectivity index (χ1) is 16.6. The normalized spacial score (nSPS) is 47.6. The van der Waals surface area contributed by atoms with E-state index in [1.165, 1.54) is 32.6 Å². The van der Waals surface area contributed by atoms with Crippen LogP contribution in [0.1, 0.15) is 112 Å². The van der Waals surface area contributed by atoms with Crippen LogP contribution in [0.2, 0.25) is 0 Å². The Hall–Kier alpha value is -1.07. The Balaban J connectivity index is 1.36. The van der Waals surface area contributed by atoms with Crippen LogP contribution in [0.5, 0.6) is 0 Å². The van der Waals surface area contributed by atoms with Gasteiger partial charge in [-0.05, 0) is 110 Å². The van der Waals surface area contributed by atoms with Crippen molar-refractivity contribution in [3.8, 4) is 0 Å². The second-order valence-electron chi connectivity index (χ2n) is 14.5. The zero-order valence-electron chi connectivity index (χ0n) is 23.0. The Morgan fingerprint density at radius 1 is 0.889 bits per heavy atom. The number of halogens is 3. The molecular weight excluding hydrogens is 465 g/mol. The highest BCUT2D eigenvalue weighted by Gasteiger charge is 2.82. The molecular formula is C30H45F3O3. The van der Waals surface area contributed by atoms with Gasteiger partial charge in [-0.15, -0.1) is 0 Å². The maximum atomic E-state index is 12.8. The molecule has 6 heteroatoms. The van der Waals surface area contributed by atoms with Crippen molar-refractivity contribution in [1.82, 2.24) is 0 Å². The van der Waals surface area contributed by atoms with E-state index in [9.17, 15) is 22.8 Å². The van der Waals surface area contributed by atoms with Gasteiger partial charge in [0.15, 0.2) is 0 Å². The molecule has 5 saturated carbocycles. The van der Waals surface area contributed by atoms with Gasteiger partial charge >= 0.3 is 12.1 Å². The molecule has 204 valence electrons. The summed E-state index contributed by atoms with van der Waals surface area (Å²) < 4.78 is 44.3. The molecule has 0 bridgehead atoms. The van der Waals surface area contributed by atoms with Crippen LogP contribution in [0, 0.1) is 50.7 Å². The Labute approximate surface area is 214 Å². The first kappa shape index (κ1) is 26.5. The number of rotatable bonds is 5. The number of esters is 1.